The number of carbonyl (C=O) groups excluding carboxylic acids is 1. The van der Waals surface area contributed by atoms with E-state index in [2.05, 4.69) is 6.92 Å². The summed E-state index contributed by atoms with van der Waals surface area (Å²) in [6.07, 6.45) is 1.51. The fourth-order valence-corrected chi connectivity index (χ4v) is 4.75. The number of fused-ring (bicyclic) bond motifs is 2. The van der Waals surface area contributed by atoms with E-state index in [1.54, 1.807) is 18.1 Å². The topological polar surface area (TPSA) is 69.0 Å². The van der Waals surface area contributed by atoms with Crippen LogP contribution in [-0.4, -0.2) is 31.1 Å². The van der Waals surface area contributed by atoms with Gasteiger partial charge in [0, 0.05) is 6.54 Å². The number of benzene rings is 3. The molecule has 3 aromatic carbocycles. The van der Waals surface area contributed by atoms with Gasteiger partial charge in [0.15, 0.2) is 5.43 Å². The minimum absolute atomic E-state index is 0.121. The molecule has 6 heteroatoms. The lowest BCUT2D eigenvalue weighted by Crippen LogP contribution is -2.31. The number of ether oxygens (including phenoxy) is 2. The van der Waals surface area contributed by atoms with Crippen LogP contribution in [0.2, 0.25) is 0 Å². The number of amides is 1. The fraction of sp³-hybridized carbons (Fsp3) is 0.267. The van der Waals surface area contributed by atoms with Crippen molar-refractivity contribution in [3.8, 4) is 11.5 Å². The number of rotatable bonds is 8. The first-order valence-corrected chi connectivity index (χ1v) is 12.2. The van der Waals surface area contributed by atoms with E-state index in [0.29, 0.717) is 41.9 Å². The monoisotopic (exact) mass is 483 g/mol. The first-order chi connectivity index (χ1) is 17.5. The molecule has 0 spiro atoms. The van der Waals surface area contributed by atoms with Gasteiger partial charge in [-0.3, -0.25) is 9.59 Å². The molecule has 1 aliphatic rings. The lowest BCUT2D eigenvalue weighted by molar-refractivity contribution is 0.0730. The average Bonchev–Trinajstić information content (AvgIpc) is 3.18. The van der Waals surface area contributed by atoms with Gasteiger partial charge in [-0.2, -0.15) is 0 Å². The van der Waals surface area contributed by atoms with Crippen molar-refractivity contribution in [3.05, 3.63) is 105 Å². The zero-order valence-corrected chi connectivity index (χ0v) is 20.7. The van der Waals surface area contributed by atoms with Crippen molar-refractivity contribution in [1.82, 2.24) is 4.90 Å². The average molecular weight is 484 g/mol. The third-order valence-electron chi connectivity index (χ3n) is 6.57. The van der Waals surface area contributed by atoms with Crippen LogP contribution in [0.15, 0.2) is 75.9 Å². The SMILES string of the molecule is CCCOc1cccc(C2c3c(oc4ccc(C)cc4c3=O)C(=O)N2CCc2ccc(OC)cc2)c1. The molecule has 0 saturated heterocycles. The molecule has 0 fully saturated rings. The molecule has 5 rings (SSSR count). The van der Waals surface area contributed by atoms with Crippen LogP contribution in [0.25, 0.3) is 11.0 Å². The predicted octanol–water partition coefficient (Wildman–Crippen LogP) is 5.69. The van der Waals surface area contributed by atoms with E-state index in [1.807, 2.05) is 67.6 Å². The molecule has 184 valence electrons. The Morgan fingerprint density at radius 3 is 2.53 bits per heavy atom. The van der Waals surface area contributed by atoms with Crippen LogP contribution in [0.3, 0.4) is 0 Å². The van der Waals surface area contributed by atoms with Gasteiger partial charge in [-0.1, -0.05) is 42.8 Å². The number of hydrogen-bond acceptors (Lipinski definition) is 5. The standard InChI is InChI=1S/C30H29NO5/c1-4-16-35-23-7-5-6-21(18-23)27-26-28(32)24-17-19(2)8-13-25(24)36-29(26)30(33)31(27)15-14-20-9-11-22(34-3)12-10-20/h5-13,17-18,27H,4,14-16H2,1-3H3. The van der Waals surface area contributed by atoms with Crippen LogP contribution in [0.4, 0.5) is 0 Å². The number of hydrogen-bond donors (Lipinski definition) is 0. The first kappa shape index (κ1) is 23.7. The summed E-state index contributed by atoms with van der Waals surface area (Å²) in [7, 11) is 1.63. The maximum atomic E-state index is 13.8. The maximum Gasteiger partial charge on any atom is 0.290 e. The minimum atomic E-state index is -0.558. The van der Waals surface area contributed by atoms with Gasteiger partial charge in [0.25, 0.3) is 5.91 Å². The molecule has 1 aliphatic heterocycles. The number of nitrogens with zero attached hydrogens (tertiary/aromatic N) is 1. The Morgan fingerprint density at radius 2 is 1.78 bits per heavy atom. The number of carbonyl (C=O) groups is 1. The highest BCUT2D eigenvalue weighted by Crippen LogP contribution is 2.39. The second-order valence-electron chi connectivity index (χ2n) is 9.09. The Bertz CT molecular complexity index is 1470. The molecule has 6 nitrogen and oxygen atoms in total. The predicted molar refractivity (Wildman–Crippen MR) is 139 cm³/mol. The molecule has 2 heterocycles. The fourth-order valence-electron chi connectivity index (χ4n) is 4.75. The summed E-state index contributed by atoms with van der Waals surface area (Å²) in [4.78, 5) is 29.2. The molecule has 4 aromatic rings. The Labute approximate surface area is 210 Å². The quantitative estimate of drug-likeness (QED) is 0.322. The summed E-state index contributed by atoms with van der Waals surface area (Å²) >= 11 is 0. The van der Waals surface area contributed by atoms with Gasteiger partial charge in [-0.15, -0.1) is 0 Å². The van der Waals surface area contributed by atoms with Crippen LogP contribution in [0.5, 0.6) is 11.5 Å². The minimum Gasteiger partial charge on any atom is -0.497 e. The number of aryl methyl sites for hydroxylation is 1. The Hall–Kier alpha value is -4.06. The molecule has 0 N–H and O–H groups in total. The Morgan fingerprint density at radius 1 is 0.972 bits per heavy atom. The van der Waals surface area contributed by atoms with Gasteiger partial charge in [0.2, 0.25) is 5.76 Å². The van der Waals surface area contributed by atoms with Crippen LogP contribution >= 0.6 is 0 Å². The second-order valence-corrected chi connectivity index (χ2v) is 9.09. The van der Waals surface area contributed by atoms with Gasteiger partial charge < -0.3 is 18.8 Å². The summed E-state index contributed by atoms with van der Waals surface area (Å²) in [5.41, 5.74) is 3.50. The zero-order valence-electron chi connectivity index (χ0n) is 20.7. The van der Waals surface area contributed by atoms with E-state index in [1.165, 1.54) is 0 Å². The summed E-state index contributed by atoms with van der Waals surface area (Å²) < 4.78 is 17.2. The van der Waals surface area contributed by atoms with E-state index in [9.17, 15) is 9.59 Å². The van der Waals surface area contributed by atoms with Crippen LogP contribution in [-0.2, 0) is 6.42 Å². The van der Waals surface area contributed by atoms with E-state index >= 15 is 0 Å². The molecule has 0 saturated carbocycles. The summed E-state index contributed by atoms with van der Waals surface area (Å²) in [6, 6.07) is 20.3. The molecule has 0 bridgehead atoms. The molecular weight excluding hydrogens is 454 g/mol. The summed E-state index contributed by atoms with van der Waals surface area (Å²) in [5, 5.41) is 0.488. The highest BCUT2D eigenvalue weighted by Gasteiger charge is 2.42. The third kappa shape index (κ3) is 4.35. The molecule has 1 atom stereocenters. The van der Waals surface area contributed by atoms with E-state index in [0.717, 1.165) is 28.9 Å². The molecular formula is C30H29NO5. The lowest BCUT2D eigenvalue weighted by atomic mass is 9.97. The maximum absolute atomic E-state index is 13.8. The highest BCUT2D eigenvalue weighted by atomic mass is 16.5. The molecule has 1 unspecified atom stereocenters. The van der Waals surface area contributed by atoms with Crippen molar-refractivity contribution < 1.29 is 18.7 Å². The van der Waals surface area contributed by atoms with Gasteiger partial charge in [0.1, 0.15) is 17.1 Å². The largest absolute Gasteiger partial charge is 0.497 e. The zero-order chi connectivity index (χ0) is 25.2. The van der Waals surface area contributed by atoms with Gasteiger partial charge in [0.05, 0.1) is 30.7 Å². The highest BCUT2D eigenvalue weighted by molar-refractivity contribution is 5.99. The molecule has 0 radical (unpaired) electrons. The third-order valence-corrected chi connectivity index (χ3v) is 6.57. The van der Waals surface area contributed by atoms with Gasteiger partial charge >= 0.3 is 0 Å². The Balaban J connectivity index is 1.59. The van der Waals surface area contributed by atoms with Crippen LogP contribution < -0.4 is 14.9 Å². The van der Waals surface area contributed by atoms with Crippen LogP contribution in [0, 0.1) is 6.92 Å². The normalized spacial score (nSPS) is 14.8. The van der Waals surface area contributed by atoms with E-state index in [4.69, 9.17) is 13.9 Å². The van der Waals surface area contributed by atoms with E-state index < -0.39 is 6.04 Å². The van der Waals surface area contributed by atoms with Crippen LogP contribution in [0.1, 0.15) is 52.2 Å². The molecule has 36 heavy (non-hydrogen) atoms. The number of methoxy groups -OCH3 is 1. The smallest absolute Gasteiger partial charge is 0.290 e. The summed E-state index contributed by atoms with van der Waals surface area (Å²) in [5.74, 6) is 1.34. The first-order valence-electron chi connectivity index (χ1n) is 12.2. The van der Waals surface area contributed by atoms with Crippen molar-refractivity contribution in [1.29, 1.82) is 0 Å². The Kier molecular flexibility index (Phi) is 6.51. The summed E-state index contributed by atoms with van der Waals surface area (Å²) in [6.45, 7) is 5.01. The van der Waals surface area contributed by atoms with Crippen molar-refractivity contribution in [2.45, 2.75) is 32.7 Å². The molecule has 1 amide bonds. The van der Waals surface area contributed by atoms with Crippen molar-refractivity contribution in [2.75, 3.05) is 20.3 Å². The van der Waals surface area contributed by atoms with Gasteiger partial charge in [-0.05, 0) is 67.3 Å². The van der Waals surface area contributed by atoms with Gasteiger partial charge in [-0.25, -0.2) is 0 Å². The lowest BCUT2D eigenvalue weighted by Gasteiger charge is -2.25. The van der Waals surface area contributed by atoms with E-state index in [-0.39, 0.29) is 17.1 Å². The molecule has 0 aliphatic carbocycles. The van der Waals surface area contributed by atoms with Crippen molar-refractivity contribution in [2.24, 2.45) is 0 Å². The molecule has 1 aromatic heterocycles. The van der Waals surface area contributed by atoms with Crippen molar-refractivity contribution in [3.63, 3.8) is 0 Å². The van der Waals surface area contributed by atoms with Crippen molar-refractivity contribution >= 4 is 16.9 Å². The second kappa shape index (κ2) is 9.90.